The molecule has 1 amide bonds. The summed E-state index contributed by atoms with van der Waals surface area (Å²) in [7, 11) is 0. The number of rotatable bonds is 6. The average Bonchev–Trinajstić information content (AvgIpc) is 2.99. The maximum atomic E-state index is 12.9. The molecule has 7 heteroatoms. The molecule has 2 rings (SSSR count). The molecule has 0 bridgehead atoms. The van der Waals surface area contributed by atoms with Crippen molar-refractivity contribution in [3.63, 3.8) is 0 Å². The first-order valence-corrected chi connectivity index (χ1v) is 9.67. The molecule has 2 heterocycles. The van der Waals surface area contributed by atoms with Gasteiger partial charge in [-0.1, -0.05) is 13.8 Å². The molecule has 0 aromatic carbocycles. The maximum Gasteiger partial charge on any atom is 0.416 e. The van der Waals surface area contributed by atoms with Gasteiger partial charge in [-0.2, -0.15) is 0 Å². The fourth-order valence-electron chi connectivity index (χ4n) is 3.25. The van der Waals surface area contributed by atoms with Crippen LogP contribution in [0.3, 0.4) is 0 Å². The van der Waals surface area contributed by atoms with E-state index in [-0.39, 0.29) is 6.04 Å². The van der Waals surface area contributed by atoms with Crippen LogP contribution in [-0.2, 0) is 9.53 Å². The lowest BCUT2D eigenvalue weighted by Gasteiger charge is -2.31. The normalized spacial score (nSPS) is 18.0. The lowest BCUT2D eigenvalue weighted by molar-refractivity contribution is -0.131. The van der Waals surface area contributed by atoms with Crippen LogP contribution in [0.15, 0.2) is 24.4 Å². The molecule has 1 fully saturated rings. The van der Waals surface area contributed by atoms with Crippen molar-refractivity contribution in [2.24, 2.45) is 5.92 Å². The number of nitrogens with zero attached hydrogens (tertiary/aromatic N) is 3. The third-order valence-corrected chi connectivity index (χ3v) is 4.26. The first-order valence-electron chi connectivity index (χ1n) is 9.67. The number of anilines is 1. The van der Waals surface area contributed by atoms with Gasteiger partial charge < -0.3 is 14.7 Å². The molecule has 154 valence electrons. The van der Waals surface area contributed by atoms with Crippen molar-refractivity contribution >= 4 is 24.0 Å². The Morgan fingerprint density at radius 2 is 2.11 bits per heavy atom. The summed E-state index contributed by atoms with van der Waals surface area (Å²) in [5.41, 5.74) is 0.0542. The highest BCUT2D eigenvalue weighted by Gasteiger charge is 2.35. The first-order chi connectivity index (χ1) is 13.0. The maximum absolute atomic E-state index is 12.9. The van der Waals surface area contributed by atoms with Crippen LogP contribution in [0.2, 0.25) is 0 Å². The number of carboxylic acid groups (broad SMARTS) is 1. The molecule has 1 N–H and O–H groups in total. The highest BCUT2D eigenvalue weighted by molar-refractivity contribution is 5.88. The van der Waals surface area contributed by atoms with Crippen LogP contribution in [0.25, 0.3) is 6.08 Å². The lowest BCUT2D eigenvalue weighted by atomic mass is 10.2. The SMILES string of the molecule is CC(C)CN1CC[C@@H](N(C(=O)OC(C)(C)C)c2ccc(/C=C/C(=O)O)cn2)C1. The molecule has 0 aliphatic carbocycles. The van der Waals surface area contributed by atoms with Crippen molar-refractivity contribution in [2.75, 3.05) is 24.5 Å². The fraction of sp³-hybridized carbons (Fsp3) is 0.571. The Kier molecular flexibility index (Phi) is 7.18. The Bertz CT molecular complexity index is 707. The lowest BCUT2D eigenvalue weighted by Crippen LogP contribution is -2.45. The second-order valence-electron chi connectivity index (χ2n) is 8.57. The molecular formula is C21H31N3O4. The number of likely N-dealkylation sites (tertiary alicyclic amines) is 1. The molecule has 0 radical (unpaired) electrons. The van der Waals surface area contributed by atoms with Crippen LogP contribution < -0.4 is 4.90 Å². The Labute approximate surface area is 167 Å². The van der Waals surface area contributed by atoms with Crippen LogP contribution in [0, 0.1) is 5.92 Å². The molecule has 1 saturated heterocycles. The first kappa shape index (κ1) is 21.9. The summed E-state index contributed by atoms with van der Waals surface area (Å²) in [6.45, 7) is 12.6. The zero-order chi connectivity index (χ0) is 20.9. The summed E-state index contributed by atoms with van der Waals surface area (Å²) < 4.78 is 5.63. The average molecular weight is 389 g/mol. The zero-order valence-corrected chi connectivity index (χ0v) is 17.4. The number of aliphatic carboxylic acids is 1. The fourth-order valence-corrected chi connectivity index (χ4v) is 3.25. The molecule has 0 spiro atoms. The number of pyridine rings is 1. The summed E-state index contributed by atoms with van der Waals surface area (Å²) in [4.78, 5) is 32.0. The quantitative estimate of drug-likeness (QED) is 0.748. The van der Waals surface area contributed by atoms with Crippen LogP contribution >= 0.6 is 0 Å². The van der Waals surface area contributed by atoms with E-state index in [1.165, 1.54) is 6.08 Å². The van der Waals surface area contributed by atoms with Crippen molar-refractivity contribution in [1.82, 2.24) is 9.88 Å². The van der Waals surface area contributed by atoms with Gasteiger partial charge in [0.05, 0.1) is 6.04 Å². The van der Waals surface area contributed by atoms with Crippen LogP contribution in [0.4, 0.5) is 10.6 Å². The van der Waals surface area contributed by atoms with Gasteiger partial charge in [0, 0.05) is 31.9 Å². The molecule has 1 aromatic heterocycles. The smallest absolute Gasteiger partial charge is 0.416 e. The summed E-state index contributed by atoms with van der Waals surface area (Å²) in [6.07, 6.45) is 4.53. The molecule has 1 aliphatic heterocycles. The summed E-state index contributed by atoms with van der Waals surface area (Å²) in [5, 5.41) is 8.75. The van der Waals surface area contributed by atoms with Gasteiger partial charge in [0.25, 0.3) is 0 Å². The predicted molar refractivity (Wildman–Crippen MR) is 109 cm³/mol. The van der Waals surface area contributed by atoms with Crippen LogP contribution in [-0.4, -0.2) is 58.3 Å². The minimum Gasteiger partial charge on any atom is -0.478 e. The Balaban J connectivity index is 2.23. The molecule has 0 unspecified atom stereocenters. The van der Waals surface area contributed by atoms with Gasteiger partial charge in [-0.25, -0.2) is 14.6 Å². The Hall–Kier alpha value is -2.41. The molecule has 1 atom stereocenters. The number of hydrogen-bond donors (Lipinski definition) is 1. The standard InChI is InChI=1S/C21H31N3O4/c1-15(2)13-23-11-10-17(14-23)24(20(27)28-21(3,4)5)18-8-6-16(12-22-18)7-9-19(25)26/h6-9,12,15,17H,10-11,13-14H2,1-5H3,(H,25,26)/b9-7+/t17-/m1/s1. The largest absolute Gasteiger partial charge is 0.478 e. The highest BCUT2D eigenvalue weighted by atomic mass is 16.6. The van der Waals surface area contributed by atoms with Gasteiger partial charge >= 0.3 is 12.1 Å². The Morgan fingerprint density at radius 3 is 2.64 bits per heavy atom. The molecular weight excluding hydrogens is 358 g/mol. The van der Waals surface area contributed by atoms with Gasteiger partial charge in [0.15, 0.2) is 0 Å². The van der Waals surface area contributed by atoms with E-state index in [1.54, 1.807) is 23.2 Å². The summed E-state index contributed by atoms with van der Waals surface area (Å²) in [5.74, 6) is 0.0564. The minimum atomic E-state index is -1.02. The number of carbonyl (C=O) groups is 2. The minimum absolute atomic E-state index is 0.0125. The monoisotopic (exact) mass is 389 g/mol. The number of aromatic nitrogens is 1. The molecule has 0 saturated carbocycles. The van der Waals surface area contributed by atoms with E-state index >= 15 is 0 Å². The third-order valence-electron chi connectivity index (χ3n) is 4.26. The number of carbonyl (C=O) groups excluding carboxylic acids is 1. The van der Waals surface area contributed by atoms with E-state index < -0.39 is 17.7 Å². The molecule has 7 nitrogen and oxygen atoms in total. The van der Waals surface area contributed by atoms with E-state index in [0.29, 0.717) is 17.3 Å². The van der Waals surface area contributed by atoms with Crippen LogP contribution in [0.5, 0.6) is 0 Å². The second kappa shape index (κ2) is 9.19. The van der Waals surface area contributed by atoms with Gasteiger partial charge in [-0.15, -0.1) is 0 Å². The predicted octanol–water partition coefficient (Wildman–Crippen LogP) is 3.65. The van der Waals surface area contributed by atoms with Crippen molar-refractivity contribution in [2.45, 2.75) is 52.7 Å². The van der Waals surface area contributed by atoms with E-state index in [2.05, 4.69) is 23.7 Å². The Morgan fingerprint density at radius 1 is 1.39 bits per heavy atom. The van der Waals surface area contributed by atoms with E-state index in [1.807, 2.05) is 20.8 Å². The summed E-state index contributed by atoms with van der Waals surface area (Å²) >= 11 is 0. The summed E-state index contributed by atoms with van der Waals surface area (Å²) in [6, 6.07) is 3.47. The van der Waals surface area contributed by atoms with Crippen molar-refractivity contribution in [1.29, 1.82) is 0 Å². The zero-order valence-electron chi connectivity index (χ0n) is 17.4. The highest BCUT2D eigenvalue weighted by Crippen LogP contribution is 2.25. The van der Waals surface area contributed by atoms with Gasteiger partial charge in [-0.3, -0.25) is 4.90 Å². The van der Waals surface area contributed by atoms with Crippen molar-refractivity contribution in [3.8, 4) is 0 Å². The number of ether oxygens (including phenoxy) is 1. The van der Waals surface area contributed by atoms with E-state index in [4.69, 9.17) is 9.84 Å². The molecule has 1 aliphatic rings. The third kappa shape index (κ3) is 6.64. The topological polar surface area (TPSA) is 83.0 Å². The van der Waals surface area contributed by atoms with Gasteiger partial charge in [0.2, 0.25) is 0 Å². The number of hydrogen-bond acceptors (Lipinski definition) is 5. The van der Waals surface area contributed by atoms with Crippen molar-refractivity contribution in [3.05, 3.63) is 30.0 Å². The molecule has 28 heavy (non-hydrogen) atoms. The van der Waals surface area contributed by atoms with Gasteiger partial charge in [-0.05, 0) is 56.9 Å². The van der Waals surface area contributed by atoms with E-state index in [9.17, 15) is 9.59 Å². The number of carboxylic acids is 1. The van der Waals surface area contributed by atoms with Crippen molar-refractivity contribution < 1.29 is 19.4 Å². The number of amides is 1. The molecule has 1 aromatic rings. The van der Waals surface area contributed by atoms with Crippen LogP contribution in [0.1, 0.15) is 46.6 Å². The second-order valence-corrected chi connectivity index (χ2v) is 8.57. The van der Waals surface area contributed by atoms with Gasteiger partial charge in [0.1, 0.15) is 11.4 Å². The van der Waals surface area contributed by atoms with E-state index in [0.717, 1.165) is 32.1 Å².